The van der Waals surface area contributed by atoms with Crippen LogP contribution in [0.25, 0.3) is 0 Å². The lowest BCUT2D eigenvalue weighted by molar-refractivity contribution is 0.140. The molecular formula is C12H14ClN3O. The van der Waals surface area contributed by atoms with Gasteiger partial charge in [-0.25, -0.2) is 4.98 Å². The van der Waals surface area contributed by atoms with Crippen LogP contribution in [0.3, 0.4) is 0 Å². The largest absolute Gasteiger partial charge is 0.391 e. The molecule has 1 aromatic heterocycles. The number of halogens is 1. The van der Waals surface area contributed by atoms with Gasteiger partial charge in [0, 0.05) is 5.02 Å². The highest BCUT2D eigenvalue weighted by atomic mass is 35.5. The highest BCUT2D eigenvalue weighted by molar-refractivity contribution is 6.30. The van der Waals surface area contributed by atoms with Crippen LogP contribution in [0.1, 0.15) is 12.0 Å². The van der Waals surface area contributed by atoms with Crippen molar-refractivity contribution in [2.24, 2.45) is 0 Å². The van der Waals surface area contributed by atoms with Gasteiger partial charge in [-0.1, -0.05) is 23.7 Å². The van der Waals surface area contributed by atoms with Gasteiger partial charge in [-0.05, 0) is 30.5 Å². The average Bonchev–Trinajstić information content (AvgIpc) is 2.81. The Bertz CT molecular complexity index is 441. The maximum atomic E-state index is 9.82. The van der Waals surface area contributed by atoms with Crippen LogP contribution >= 0.6 is 11.6 Å². The van der Waals surface area contributed by atoms with E-state index in [1.165, 1.54) is 11.9 Å². The molecule has 90 valence electrons. The Morgan fingerprint density at radius 1 is 1.29 bits per heavy atom. The zero-order valence-corrected chi connectivity index (χ0v) is 10.1. The van der Waals surface area contributed by atoms with E-state index < -0.39 is 6.10 Å². The number of nitrogens with zero attached hydrogens (tertiary/aromatic N) is 3. The minimum Gasteiger partial charge on any atom is -0.391 e. The van der Waals surface area contributed by atoms with Gasteiger partial charge in [0.25, 0.3) is 0 Å². The lowest BCUT2D eigenvalue weighted by Crippen LogP contribution is -2.17. The predicted octanol–water partition coefficient (Wildman–Crippen LogP) is 1.93. The zero-order chi connectivity index (χ0) is 12.1. The first-order valence-corrected chi connectivity index (χ1v) is 5.87. The summed E-state index contributed by atoms with van der Waals surface area (Å²) in [4.78, 5) is 3.83. The second-order valence-electron chi connectivity index (χ2n) is 3.94. The molecule has 0 bridgehead atoms. The molecule has 0 saturated carbocycles. The molecule has 1 unspecified atom stereocenters. The monoisotopic (exact) mass is 251 g/mol. The van der Waals surface area contributed by atoms with E-state index in [1.807, 2.05) is 24.3 Å². The van der Waals surface area contributed by atoms with E-state index in [1.54, 1.807) is 11.0 Å². The van der Waals surface area contributed by atoms with Gasteiger partial charge in [0.2, 0.25) is 0 Å². The molecule has 0 saturated heterocycles. The number of rotatable bonds is 5. The minimum atomic E-state index is -0.410. The molecule has 0 aliphatic heterocycles. The van der Waals surface area contributed by atoms with E-state index in [4.69, 9.17) is 11.6 Å². The number of hydrogen-bond donors (Lipinski definition) is 1. The third-order valence-electron chi connectivity index (χ3n) is 2.54. The summed E-state index contributed by atoms with van der Waals surface area (Å²) in [6, 6.07) is 7.68. The van der Waals surface area contributed by atoms with Crippen molar-refractivity contribution in [2.75, 3.05) is 0 Å². The summed E-state index contributed by atoms with van der Waals surface area (Å²) in [7, 11) is 0. The van der Waals surface area contributed by atoms with Crippen LogP contribution in [0.15, 0.2) is 36.9 Å². The number of aromatic nitrogens is 3. The Morgan fingerprint density at radius 2 is 2.06 bits per heavy atom. The van der Waals surface area contributed by atoms with Crippen LogP contribution in [0.2, 0.25) is 5.02 Å². The van der Waals surface area contributed by atoms with Crippen molar-refractivity contribution < 1.29 is 5.11 Å². The molecule has 1 N–H and O–H groups in total. The summed E-state index contributed by atoms with van der Waals surface area (Å²) in [6.45, 7) is 0.480. The third-order valence-corrected chi connectivity index (χ3v) is 2.80. The number of hydrogen-bond acceptors (Lipinski definition) is 3. The normalized spacial score (nSPS) is 12.6. The fraction of sp³-hybridized carbons (Fsp3) is 0.333. The molecule has 0 radical (unpaired) electrons. The first-order valence-electron chi connectivity index (χ1n) is 5.49. The first-order chi connectivity index (χ1) is 8.24. The average molecular weight is 252 g/mol. The summed E-state index contributed by atoms with van der Waals surface area (Å²) in [6.07, 6.45) is 4.18. The van der Waals surface area contributed by atoms with Crippen molar-refractivity contribution in [3.63, 3.8) is 0 Å². The molecular weight excluding hydrogens is 238 g/mol. The van der Waals surface area contributed by atoms with Gasteiger partial charge >= 0.3 is 0 Å². The fourth-order valence-electron chi connectivity index (χ4n) is 1.62. The van der Waals surface area contributed by atoms with Crippen LogP contribution < -0.4 is 0 Å². The van der Waals surface area contributed by atoms with E-state index >= 15 is 0 Å². The summed E-state index contributed by atoms with van der Waals surface area (Å²) in [5, 5.41) is 14.5. The number of benzene rings is 1. The Balaban J connectivity index is 1.79. The fourth-order valence-corrected chi connectivity index (χ4v) is 1.74. The maximum absolute atomic E-state index is 9.82. The summed E-state index contributed by atoms with van der Waals surface area (Å²) < 4.78 is 1.63. The molecule has 1 heterocycles. The van der Waals surface area contributed by atoms with Crippen LogP contribution in [-0.4, -0.2) is 26.0 Å². The lowest BCUT2D eigenvalue weighted by atomic mass is 10.1. The van der Waals surface area contributed by atoms with E-state index in [-0.39, 0.29) is 0 Å². The lowest BCUT2D eigenvalue weighted by Gasteiger charge is -2.10. The topological polar surface area (TPSA) is 50.9 Å². The molecule has 1 aromatic carbocycles. The molecule has 0 spiro atoms. The van der Waals surface area contributed by atoms with Crippen LogP contribution in [0.5, 0.6) is 0 Å². The van der Waals surface area contributed by atoms with E-state index in [2.05, 4.69) is 10.1 Å². The summed E-state index contributed by atoms with van der Waals surface area (Å²) in [5.74, 6) is 0. The molecule has 0 amide bonds. The van der Waals surface area contributed by atoms with Gasteiger partial charge in [0.1, 0.15) is 12.7 Å². The van der Waals surface area contributed by atoms with Gasteiger partial charge in [0.15, 0.2) is 0 Å². The second kappa shape index (κ2) is 5.80. The van der Waals surface area contributed by atoms with Crippen molar-refractivity contribution >= 4 is 11.6 Å². The molecule has 0 aliphatic carbocycles. The Labute approximate surface area is 105 Å². The second-order valence-corrected chi connectivity index (χ2v) is 4.37. The van der Waals surface area contributed by atoms with Gasteiger partial charge in [-0.15, -0.1) is 0 Å². The third kappa shape index (κ3) is 3.84. The van der Waals surface area contributed by atoms with Crippen molar-refractivity contribution in [3.05, 3.63) is 47.5 Å². The standard InChI is InChI=1S/C12H14ClN3O/c13-11-4-1-10(2-5-11)3-6-12(17)7-16-9-14-8-15-16/h1-2,4-5,8-9,12,17H,3,6-7H2. The van der Waals surface area contributed by atoms with E-state index in [9.17, 15) is 5.11 Å². The van der Waals surface area contributed by atoms with Crippen molar-refractivity contribution in [1.82, 2.24) is 14.8 Å². The number of aliphatic hydroxyl groups is 1. The van der Waals surface area contributed by atoms with Crippen molar-refractivity contribution in [2.45, 2.75) is 25.5 Å². The van der Waals surface area contributed by atoms with Gasteiger partial charge in [0.05, 0.1) is 12.6 Å². The molecule has 17 heavy (non-hydrogen) atoms. The van der Waals surface area contributed by atoms with Gasteiger partial charge in [-0.2, -0.15) is 5.10 Å². The Morgan fingerprint density at radius 3 is 2.71 bits per heavy atom. The molecule has 0 aliphatic rings. The summed E-state index contributed by atoms with van der Waals surface area (Å²) in [5.41, 5.74) is 1.17. The molecule has 0 fully saturated rings. The van der Waals surface area contributed by atoms with Crippen LogP contribution in [0, 0.1) is 0 Å². The quantitative estimate of drug-likeness (QED) is 0.883. The molecule has 4 nitrogen and oxygen atoms in total. The Kier molecular flexibility index (Phi) is 4.12. The van der Waals surface area contributed by atoms with Crippen molar-refractivity contribution in [3.8, 4) is 0 Å². The molecule has 2 aromatic rings. The first kappa shape index (κ1) is 12.1. The number of aryl methyl sites for hydroxylation is 1. The summed E-state index contributed by atoms with van der Waals surface area (Å²) >= 11 is 5.80. The van der Waals surface area contributed by atoms with Crippen molar-refractivity contribution in [1.29, 1.82) is 0 Å². The smallest absolute Gasteiger partial charge is 0.137 e. The molecule has 5 heteroatoms. The highest BCUT2D eigenvalue weighted by Gasteiger charge is 2.06. The van der Waals surface area contributed by atoms with Crippen LogP contribution in [-0.2, 0) is 13.0 Å². The molecule has 2 rings (SSSR count). The highest BCUT2D eigenvalue weighted by Crippen LogP contribution is 2.12. The van der Waals surface area contributed by atoms with E-state index in [0.717, 1.165) is 11.4 Å². The minimum absolute atomic E-state index is 0.410. The van der Waals surface area contributed by atoms with Gasteiger partial charge in [-0.3, -0.25) is 4.68 Å². The SMILES string of the molecule is OC(CCc1ccc(Cl)cc1)Cn1cncn1. The Hall–Kier alpha value is -1.39. The van der Waals surface area contributed by atoms with E-state index in [0.29, 0.717) is 13.0 Å². The van der Waals surface area contributed by atoms with Crippen LogP contribution in [0.4, 0.5) is 0 Å². The zero-order valence-electron chi connectivity index (χ0n) is 9.33. The number of aliphatic hydroxyl groups excluding tert-OH is 1. The maximum Gasteiger partial charge on any atom is 0.137 e. The predicted molar refractivity (Wildman–Crippen MR) is 65.8 cm³/mol. The van der Waals surface area contributed by atoms with Gasteiger partial charge < -0.3 is 5.11 Å². The molecule has 1 atom stereocenters.